The summed E-state index contributed by atoms with van der Waals surface area (Å²) < 4.78 is 25.1. The first-order valence-corrected chi connectivity index (χ1v) is 8.94. The van der Waals surface area contributed by atoms with E-state index >= 15 is 0 Å². The highest BCUT2D eigenvalue weighted by Gasteiger charge is 2.22. The van der Waals surface area contributed by atoms with Crippen molar-refractivity contribution in [3.63, 3.8) is 0 Å². The van der Waals surface area contributed by atoms with Crippen molar-refractivity contribution in [2.45, 2.75) is 18.6 Å². The lowest BCUT2D eigenvalue weighted by Gasteiger charge is -2.06. The number of rotatable bonds is 3. The van der Waals surface area contributed by atoms with Gasteiger partial charge in [0.15, 0.2) is 5.82 Å². The van der Waals surface area contributed by atoms with Crippen molar-refractivity contribution in [2.24, 2.45) is 0 Å². The van der Waals surface area contributed by atoms with Crippen LogP contribution in [0.3, 0.4) is 0 Å². The normalized spacial score (nSPS) is 11.8. The maximum Gasteiger partial charge on any atom is 0.296 e. The van der Waals surface area contributed by atoms with Crippen LogP contribution in [0.15, 0.2) is 23.4 Å². The molecule has 2 rings (SSSR count). The van der Waals surface area contributed by atoms with Crippen LogP contribution in [0.5, 0.6) is 0 Å². The zero-order valence-electron chi connectivity index (χ0n) is 9.64. The summed E-state index contributed by atoms with van der Waals surface area (Å²) in [6, 6.07) is 5.33. The topological polar surface area (TPSA) is 64.8 Å². The second kappa shape index (κ2) is 5.55. The number of hydrogen-bond donors (Lipinski definition) is 0. The molecule has 0 aliphatic carbocycles. The van der Waals surface area contributed by atoms with Crippen molar-refractivity contribution in [1.29, 1.82) is 0 Å². The van der Waals surface area contributed by atoms with E-state index in [0.717, 1.165) is 3.57 Å². The molecule has 0 fully saturated rings. The monoisotopic (exact) mass is 431 g/mol. The molecule has 0 bridgehead atoms. The molecule has 0 aliphatic heterocycles. The van der Waals surface area contributed by atoms with Crippen LogP contribution in [-0.2, 0) is 15.6 Å². The van der Waals surface area contributed by atoms with Crippen LogP contribution in [0.2, 0.25) is 5.02 Å². The van der Waals surface area contributed by atoms with Crippen LogP contribution in [0.4, 0.5) is 0 Å². The van der Waals surface area contributed by atoms with Gasteiger partial charge in [0.2, 0.25) is 0 Å². The van der Waals surface area contributed by atoms with Gasteiger partial charge in [-0.25, -0.2) is 8.42 Å². The molecule has 1 aromatic carbocycles. The zero-order chi connectivity index (χ0) is 14.2. The summed E-state index contributed by atoms with van der Waals surface area (Å²) in [6.07, 6.45) is 0. The molecule has 102 valence electrons. The predicted octanol–water partition coefficient (Wildman–Crippen LogP) is 3.15. The van der Waals surface area contributed by atoms with Crippen molar-refractivity contribution < 1.29 is 8.42 Å². The van der Waals surface area contributed by atoms with Crippen LogP contribution in [0.25, 0.3) is 11.4 Å². The molecule has 0 radical (unpaired) electrons. The summed E-state index contributed by atoms with van der Waals surface area (Å²) in [5.41, 5.74) is 0.686. The summed E-state index contributed by atoms with van der Waals surface area (Å²) in [5, 5.41) is 7.82. The molecule has 0 atom stereocenters. The second-order valence-corrected chi connectivity index (χ2v) is 7.65. The smallest absolute Gasteiger partial charge is 0.296 e. The predicted molar refractivity (Wildman–Crippen MR) is 81.9 cm³/mol. The van der Waals surface area contributed by atoms with Gasteiger partial charge < -0.3 is 0 Å². The van der Waals surface area contributed by atoms with Crippen LogP contribution in [-0.4, -0.2) is 23.2 Å². The maximum atomic E-state index is 11.4. The fourth-order valence-corrected chi connectivity index (χ4v) is 3.08. The average molecular weight is 432 g/mol. The fraction of sp³-hybridized carbons (Fsp3) is 0.200. The molecule has 19 heavy (non-hydrogen) atoms. The average Bonchev–Trinajstić information content (AvgIpc) is 2.76. The highest BCUT2D eigenvalue weighted by atomic mass is 127. The summed E-state index contributed by atoms with van der Waals surface area (Å²) >= 11 is 8.15. The summed E-state index contributed by atoms with van der Waals surface area (Å²) in [6.45, 7) is 2.17. The largest absolute Gasteiger partial charge is 0.297 e. The minimum Gasteiger partial charge on any atom is -0.297 e. The molecular weight excluding hydrogens is 424 g/mol. The molecule has 0 saturated carbocycles. The van der Waals surface area contributed by atoms with Gasteiger partial charge in [0, 0.05) is 26.4 Å². The highest BCUT2D eigenvalue weighted by molar-refractivity contribution is 14.1. The first-order valence-electron chi connectivity index (χ1n) is 5.18. The van der Waals surface area contributed by atoms with E-state index in [1.807, 2.05) is 6.07 Å². The van der Waals surface area contributed by atoms with Gasteiger partial charge in [-0.1, -0.05) is 17.7 Å². The number of benzene rings is 1. The Morgan fingerprint density at radius 1 is 1.37 bits per heavy atom. The van der Waals surface area contributed by atoms with Gasteiger partial charge in [0.1, 0.15) is 0 Å². The first-order chi connectivity index (χ1) is 8.84. The minimum absolute atomic E-state index is 0.263. The third-order valence-electron chi connectivity index (χ3n) is 2.43. The van der Waals surface area contributed by atoms with Gasteiger partial charge in [-0.2, -0.15) is 0 Å². The number of halogens is 3. The van der Waals surface area contributed by atoms with E-state index in [0.29, 0.717) is 23.0 Å². The van der Waals surface area contributed by atoms with Crippen LogP contribution in [0, 0.1) is 3.57 Å². The first kappa shape index (κ1) is 15.0. The molecule has 0 spiro atoms. The molecule has 0 amide bonds. The van der Waals surface area contributed by atoms with E-state index < -0.39 is 9.05 Å². The highest BCUT2D eigenvalue weighted by Crippen LogP contribution is 2.27. The van der Waals surface area contributed by atoms with Crippen molar-refractivity contribution in [2.75, 3.05) is 0 Å². The Morgan fingerprint density at radius 3 is 2.58 bits per heavy atom. The lowest BCUT2D eigenvalue weighted by atomic mass is 10.2. The Morgan fingerprint density at radius 2 is 2.05 bits per heavy atom. The SMILES string of the molecule is CCn1c(-c2ccc(I)c(Cl)c2)nnc1S(=O)(=O)Cl. The lowest BCUT2D eigenvalue weighted by Crippen LogP contribution is -2.06. The second-order valence-electron chi connectivity index (χ2n) is 3.62. The molecule has 2 aromatic rings. The Bertz CT molecular complexity index is 730. The van der Waals surface area contributed by atoms with E-state index in [-0.39, 0.29) is 5.16 Å². The van der Waals surface area contributed by atoms with E-state index in [1.54, 1.807) is 19.1 Å². The Hall–Kier alpha value is -0.380. The summed E-state index contributed by atoms with van der Waals surface area (Å²) in [4.78, 5) is 0. The number of nitrogens with zero attached hydrogens (tertiary/aromatic N) is 3. The summed E-state index contributed by atoms with van der Waals surface area (Å²) in [5.74, 6) is 0.417. The van der Waals surface area contributed by atoms with Crippen molar-refractivity contribution in [3.05, 3.63) is 26.8 Å². The maximum absolute atomic E-state index is 11.4. The van der Waals surface area contributed by atoms with Crippen LogP contribution in [0.1, 0.15) is 6.92 Å². The number of aromatic nitrogens is 3. The van der Waals surface area contributed by atoms with Gasteiger partial charge in [-0.15, -0.1) is 10.2 Å². The van der Waals surface area contributed by atoms with Gasteiger partial charge in [-0.3, -0.25) is 4.57 Å². The minimum atomic E-state index is -3.92. The van der Waals surface area contributed by atoms with E-state index in [9.17, 15) is 8.42 Å². The van der Waals surface area contributed by atoms with E-state index in [4.69, 9.17) is 22.3 Å². The van der Waals surface area contributed by atoms with Crippen LogP contribution < -0.4 is 0 Å². The molecule has 1 aromatic heterocycles. The molecule has 1 heterocycles. The van der Waals surface area contributed by atoms with Gasteiger partial charge in [0.05, 0.1) is 5.02 Å². The molecule has 5 nitrogen and oxygen atoms in total. The standard InChI is InChI=1S/C10H8Cl2IN3O2S/c1-2-16-9(14-15-10(16)19(12,17)18)6-3-4-8(13)7(11)5-6/h3-5H,2H2,1H3. The van der Waals surface area contributed by atoms with E-state index in [2.05, 4.69) is 32.8 Å². The lowest BCUT2D eigenvalue weighted by molar-refractivity contribution is 0.583. The molecule has 0 N–H and O–H groups in total. The number of hydrogen-bond acceptors (Lipinski definition) is 4. The van der Waals surface area contributed by atoms with Gasteiger partial charge in [0.25, 0.3) is 14.2 Å². The quantitative estimate of drug-likeness (QED) is 0.553. The van der Waals surface area contributed by atoms with Crippen molar-refractivity contribution >= 4 is 53.9 Å². The zero-order valence-corrected chi connectivity index (χ0v) is 14.1. The summed E-state index contributed by atoms with van der Waals surface area (Å²) in [7, 11) is 1.40. The van der Waals surface area contributed by atoms with Crippen molar-refractivity contribution in [1.82, 2.24) is 14.8 Å². The third kappa shape index (κ3) is 3.04. The fourth-order valence-electron chi connectivity index (χ4n) is 1.60. The molecule has 0 saturated heterocycles. The van der Waals surface area contributed by atoms with Gasteiger partial charge >= 0.3 is 0 Å². The van der Waals surface area contributed by atoms with Gasteiger partial charge in [-0.05, 0) is 41.6 Å². The molecular formula is C10H8Cl2IN3O2S. The van der Waals surface area contributed by atoms with Crippen LogP contribution >= 0.6 is 44.9 Å². The van der Waals surface area contributed by atoms with E-state index in [1.165, 1.54) is 4.57 Å². The molecule has 9 heteroatoms. The third-order valence-corrected chi connectivity index (χ3v) is 5.15. The molecule has 0 aliphatic rings. The Labute approximate surface area is 133 Å². The van der Waals surface area contributed by atoms with Crippen molar-refractivity contribution in [3.8, 4) is 11.4 Å². The molecule has 0 unspecified atom stereocenters. The Balaban J connectivity index is 2.63. The Kier molecular flexibility index (Phi) is 4.38.